The van der Waals surface area contributed by atoms with Crippen LogP contribution in [0.25, 0.3) is 5.65 Å². The van der Waals surface area contributed by atoms with Crippen LogP contribution in [0.5, 0.6) is 5.75 Å². The molecule has 3 heterocycles. The molecule has 1 saturated heterocycles. The van der Waals surface area contributed by atoms with Gasteiger partial charge in [0.05, 0.1) is 18.4 Å². The van der Waals surface area contributed by atoms with Crippen LogP contribution >= 0.6 is 0 Å². The van der Waals surface area contributed by atoms with Crippen LogP contribution in [0.3, 0.4) is 0 Å². The maximum atomic E-state index is 12.3. The van der Waals surface area contributed by atoms with Crippen molar-refractivity contribution in [3.63, 3.8) is 0 Å². The highest BCUT2D eigenvalue weighted by Gasteiger charge is 2.15. The van der Waals surface area contributed by atoms with E-state index in [4.69, 9.17) is 14.2 Å². The molecule has 1 atom stereocenters. The number of hydrogen-bond acceptors (Lipinski definition) is 5. The Balaban J connectivity index is 1.17. The van der Waals surface area contributed by atoms with Crippen LogP contribution in [0.4, 0.5) is 0 Å². The summed E-state index contributed by atoms with van der Waals surface area (Å²) in [6.07, 6.45) is 7.22. The van der Waals surface area contributed by atoms with Crippen molar-refractivity contribution in [1.29, 1.82) is 0 Å². The molecule has 164 valence electrons. The Morgan fingerprint density at radius 3 is 2.90 bits per heavy atom. The highest BCUT2D eigenvalue weighted by atomic mass is 16.5. The number of fused-ring (bicyclic) bond motifs is 1. The summed E-state index contributed by atoms with van der Waals surface area (Å²) >= 11 is 0. The van der Waals surface area contributed by atoms with Crippen LogP contribution in [0.1, 0.15) is 40.9 Å². The number of ether oxygens (including phenoxy) is 3. The van der Waals surface area contributed by atoms with E-state index in [9.17, 15) is 4.79 Å². The maximum Gasteiger partial charge on any atom is 0.251 e. The van der Waals surface area contributed by atoms with Gasteiger partial charge < -0.3 is 23.9 Å². The Kier molecular flexibility index (Phi) is 7.17. The van der Waals surface area contributed by atoms with Crippen LogP contribution in [0, 0.1) is 6.92 Å². The number of pyridine rings is 1. The lowest BCUT2D eigenvalue weighted by Gasteiger charge is -2.10. The van der Waals surface area contributed by atoms with Gasteiger partial charge in [-0.3, -0.25) is 4.79 Å². The first-order valence-electron chi connectivity index (χ1n) is 10.8. The van der Waals surface area contributed by atoms with Gasteiger partial charge in [0, 0.05) is 37.7 Å². The quantitative estimate of drug-likeness (QED) is 0.505. The fourth-order valence-corrected chi connectivity index (χ4v) is 3.55. The van der Waals surface area contributed by atoms with Crippen molar-refractivity contribution in [1.82, 2.24) is 14.7 Å². The molecule has 1 aliphatic rings. The molecule has 1 aromatic carbocycles. The fourth-order valence-electron chi connectivity index (χ4n) is 3.55. The molecule has 0 aliphatic carbocycles. The van der Waals surface area contributed by atoms with Crippen LogP contribution < -0.4 is 10.1 Å². The molecule has 2 aromatic heterocycles. The first-order valence-corrected chi connectivity index (χ1v) is 10.8. The number of aromatic nitrogens is 2. The van der Waals surface area contributed by atoms with Crippen molar-refractivity contribution in [2.75, 3.05) is 26.4 Å². The Bertz CT molecular complexity index is 994. The van der Waals surface area contributed by atoms with Gasteiger partial charge in [-0.2, -0.15) is 0 Å². The second-order valence-corrected chi connectivity index (χ2v) is 7.84. The first kappa shape index (κ1) is 21.3. The third kappa shape index (κ3) is 6.06. The van der Waals surface area contributed by atoms with E-state index in [1.54, 1.807) is 24.3 Å². The molecule has 1 fully saturated rings. The highest BCUT2D eigenvalue weighted by Crippen LogP contribution is 2.15. The van der Waals surface area contributed by atoms with Crippen molar-refractivity contribution >= 4 is 11.6 Å². The summed E-state index contributed by atoms with van der Waals surface area (Å²) in [5.74, 6) is 0.605. The molecular formula is C24H29N3O4. The zero-order valence-corrected chi connectivity index (χ0v) is 17.9. The van der Waals surface area contributed by atoms with Crippen molar-refractivity contribution in [3.8, 4) is 5.75 Å². The molecule has 4 rings (SSSR count). The van der Waals surface area contributed by atoms with Crippen molar-refractivity contribution in [2.24, 2.45) is 0 Å². The number of benzene rings is 1. The molecule has 1 N–H and O–H groups in total. The average molecular weight is 424 g/mol. The van der Waals surface area contributed by atoms with Crippen LogP contribution in [-0.2, 0) is 16.1 Å². The molecule has 0 bridgehead atoms. The molecule has 7 heteroatoms. The Morgan fingerprint density at radius 2 is 2.10 bits per heavy atom. The number of amides is 1. The number of aryl methyl sites for hydroxylation is 1. The van der Waals surface area contributed by atoms with Gasteiger partial charge in [0.2, 0.25) is 0 Å². The van der Waals surface area contributed by atoms with E-state index in [2.05, 4.69) is 10.3 Å². The lowest BCUT2D eigenvalue weighted by atomic mass is 10.2. The van der Waals surface area contributed by atoms with Crippen LogP contribution in [0.2, 0.25) is 0 Å². The minimum atomic E-state index is -0.0959. The zero-order chi connectivity index (χ0) is 21.5. The lowest BCUT2D eigenvalue weighted by molar-refractivity contribution is 0.0166. The van der Waals surface area contributed by atoms with E-state index in [1.165, 1.54) is 5.56 Å². The van der Waals surface area contributed by atoms with Gasteiger partial charge in [0.1, 0.15) is 18.0 Å². The number of nitrogens with one attached hydrogen (secondary N) is 1. The number of carbonyl (C=O) groups is 1. The number of nitrogens with zero attached hydrogens (tertiary/aromatic N) is 2. The molecule has 0 spiro atoms. The average Bonchev–Trinajstić information content (AvgIpc) is 3.44. The normalized spacial score (nSPS) is 16.0. The molecule has 7 nitrogen and oxygen atoms in total. The van der Waals surface area contributed by atoms with Gasteiger partial charge in [-0.15, -0.1) is 0 Å². The van der Waals surface area contributed by atoms with Gasteiger partial charge in [0.25, 0.3) is 5.91 Å². The molecule has 1 aliphatic heterocycles. The summed E-state index contributed by atoms with van der Waals surface area (Å²) < 4.78 is 18.9. The molecule has 0 radical (unpaired) electrons. The number of hydrogen-bond donors (Lipinski definition) is 1. The second-order valence-electron chi connectivity index (χ2n) is 7.84. The smallest absolute Gasteiger partial charge is 0.251 e. The summed E-state index contributed by atoms with van der Waals surface area (Å²) in [5.41, 5.74) is 3.54. The number of imidazole rings is 1. The Labute approximate surface area is 182 Å². The summed E-state index contributed by atoms with van der Waals surface area (Å²) in [4.78, 5) is 16.8. The van der Waals surface area contributed by atoms with E-state index < -0.39 is 0 Å². The molecule has 3 aromatic rings. The standard InChI is InChI=1S/C24H29N3O4/c1-18-5-10-23-26-20(15-27(23)14-18)16-31-21-8-6-19(7-9-21)24(28)25-11-3-12-29-17-22-4-2-13-30-22/h5-10,14-15,22H,2-4,11-13,16-17H2,1H3,(H,25,28). The second kappa shape index (κ2) is 10.4. The van der Waals surface area contributed by atoms with E-state index in [-0.39, 0.29) is 12.0 Å². The van der Waals surface area contributed by atoms with Gasteiger partial charge in [-0.25, -0.2) is 4.98 Å². The lowest BCUT2D eigenvalue weighted by Crippen LogP contribution is -2.25. The van der Waals surface area contributed by atoms with E-state index >= 15 is 0 Å². The molecule has 1 unspecified atom stereocenters. The molecule has 31 heavy (non-hydrogen) atoms. The predicted octanol–water partition coefficient (Wildman–Crippen LogP) is 3.54. The van der Waals surface area contributed by atoms with Gasteiger partial charge in [-0.05, 0) is 62.1 Å². The fraction of sp³-hybridized carbons (Fsp3) is 0.417. The van der Waals surface area contributed by atoms with Crippen molar-refractivity contribution in [2.45, 2.75) is 38.9 Å². The Morgan fingerprint density at radius 1 is 1.23 bits per heavy atom. The Hall–Kier alpha value is -2.90. The third-order valence-electron chi connectivity index (χ3n) is 5.23. The zero-order valence-electron chi connectivity index (χ0n) is 17.9. The highest BCUT2D eigenvalue weighted by molar-refractivity contribution is 5.94. The molecular weight excluding hydrogens is 394 g/mol. The van der Waals surface area contributed by atoms with Gasteiger partial charge in [0.15, 0.2) is 0 Å². The van der Waals surface area contributed by atoms with Gasteiger partial charge in [-0.1, -0.05) is 6.07 Å². The van der Waals surface area contributed by atoms with Crippen LogP contribution in [0.15, 0.2) is 48.8 Å². The van der Waals surface area contributed by atoms with Gasteiger partial charge >= 0.3 is 0 Å². The van der Waals surface area contributed by atoms with E-state index in [1.807, 2.05) is 35.9 Å². The first-order chi connectivity index (χ1) is 15.2. The van der Waals surface area contributed by atoms with Crippen molar-refractivity contribution < 1.29 is 19.0 Å². The van der Waals surface area contributed by atoms with Crippen LogP contribution in [-0.4, -0.2) is 47.8 Å². The summed E-state index contributed by atoms with van der Waals surface area (Å²) in [5, 5.41) is 2.92. The summed E-state index contributed by atoms with van der Waals surface area (Å²) in [6, 6.07) is 11.2. The number of carbonyl (C=O) groups excluding carboxylic acids is 1. The third-order valence-corrected chi connectivity index (χ3v) is 5.23. The topological polar surface area (TPSA) is 74.1 Å². The minimum absolute atomic E-state index is 0.0959. The molecule has 1 amide bonds. The SMILES string of the molecule is Cc1ccc2nc(COc3ccc(C(=O)NCCCOCC4CCCO4)cc3)cn2c1. The summed E-state index contributed by atoms with van der Waals surface area (Å²) in [6.45, 7) is 5.11. The largest absolute Gasteiger partial charge is 0.487 e. The predicted molar refractivity (Wildman–Crippen MR) is 117 cm³/mol. The maximum absolute atomic E-state index is 12.3. The van der Waals surface area contributed by atoms with E-state index in [0.717, 1.165) is 37.2 Å². The molecule has 0 saturated carbocycles. The van der Waals surface area contributed by atoms with E-state index in [0.29, 0.717) is 37.7 Å². The monoisotopic (exact) mass is 423 g/mol. The number of rotatable bonds is 10. The summed E-state index contributed by atoms with van der Waals surface area (Å²) in [7, 11) is 0. The van der Waals surface area contributed by atoms with Crippen molar-refractivity contribution in [3.05, 3.63) is 65.6 Å². The minimum Gasteiger partial charge on any atom is -0.487 e.